The van der Waals surface area contributed by atoms with E-state index < -0.39 is 0 Å². The number of rotatable bonds is 4. The fourth-order valence-electron chi connectivity index (χ4n) is 2.71. The first-order valence-electron chi connectivity index (χ1n) is 7.85. The summed E-state index contributed by atoms with van der Waals surface area (Å²) in [7, 11) is 4.05. The van der Waals surface area contributed by atoms with Crippen molar-refractivity contribution in [1.29, 1.82) is 0 Å². The number of aromatic nitrogens is 3. The van der Waals surface area contributed by atoms with Gasteiger partial charge in [0.05, 0.1) is 5.39 Å². The van der Waals surface area contributed by atoms with Crippen LogP contribution in [0.1, 0.15) is 16.8 Å². The summed E-state index contributed by atoms with van der Waals surface area (Å²) >= 11 is 0. The summed E-state index contributed by atoms with van der Waals surface area (Å²) < 4.78 is 0. The molecule has 0 fully saturated rings. The van der Waals surface area contributed by atoms with E-state index in [2.05, 4.69) is 43.4 Å². The number of hydrogen-bond acceptors (Lipinski definition) is 6. The molecule has 0 saturated carbocycles. The average Bonchev–Trinajstić information content (AvgIpc) is 2.52. The van der Waals surface area contributed by atoms with Gasteiger partial charge in [0.2, 0.25) is 5.95 Å². The first-order chi connectivity index (χ1) is 11.4. The van der Waals surface area contributed by atoms with Crippen LogP contribution in [0.2, 0.25) is 0 Å². The Balaban J connectivity index is 1.87. The third-order valence-corrected chi connectivity index (χ3v) is 3.90. The summed E-state index contributed by atoms with van der Waals surface area (Å²) in [5, 5.41) is 4.06. The number of fused-ring (bicyclic) bond motifs is 1. The summed E-state index contributed by atoms with van der Waals surface area (Å²) in [5.41, 5.74) is 11.0. The van der Waals surface area contributed by atoms with Gasteiger partial charge in [-0.05, 0) is 43.2 Å². The summed E-state index contributed by atoms with van der Waals surface area (Å²) in [4.78, 5) is 15.4. The van der Waals surface area contributed by atoms with Gasteiger partial charge < -0.3 is 16.0 Å². The van der Waals surface area contributed by atoms with Crippen molar-refractivity contribution in [3.05, 3.63) is 47.2 Å². The molecule has 0 aliphatic rings. The van der Waals surface area contributed by atoms with Gasteiger partial charge in [0.25, 0.3) is 0 Å². The van der Waals surface area contributed by atoms with Crippen LogP contribution in [0.4, 0.5) is 17.5 Å². The molecule has 3 aromatic rings. The molecule has 0 spiro atoms. The number of nitrogens with one attached hydrogen (secondary N) is 1. The maximum absolute atomic E-state index is 6.10. The Kier molecular flexibility index (Phi) is 4.20. The summed E-state index contributed by atoms with van der Waals surface area (Å²) in [6, 6.07) is 10.3. The highest BCUT2D eigenvalue weighted by molar-refractivity contribution is 5.89. The maximum atomic E-state index is 6.10. The van der Waals surface area contributed by atoms with Crippen molar-refractivity contribution < 1.29 is 0 Å². The minimum atomic E-state index is 0.453. The molecular formula is C18H22N6. The van der Waals surface area contributed by atoms with Crippen molar-refractivity contribution >= 4 is 28.5 Å². The van der Waals surface area contributed by atoms with Crippen molar-refractivity contribution in [2.45, 2.75) is 20.4 Å². The molecule has 0 saturated heterocycles. The van der Waals surface area contributed by atoms with Crippen LogP contribution in [-0.4, -0.2) is 29.0 Å². The molecule has 0 aliphatic carbocycles. The van der Waals surface area contributed by atoms with Crippen molar-refractivity contribution in [2.24, 2.45) is 0 Å². The Morgan fingerprint density at radius 3 is 2.62 bits per heavy atom. The zero-order valence-corrected chi connectivity index (χ0v) is 14.5. The number of benzene rings is 1. The van der Waals surface area contributed by atoms with Crippen molar-refractivity contribution in [1.82, 2.24) is 15.0 Å². The van der Waals surface area contributed by atoms with Crippen LogP contribution in [0.25, 0.3) is 11.0 Å². The minimum absolute atomic E-state index is 0.453. The van der Waals surface area contributed by atoms with Gasteiger partial charge in [0.15, 0.2) is 5.65 Å². The normalized spacial score (nSPS) is 10.8. The van der Waals surface area contributed by atoms with Crippen LogP contribution in [-0.2, 0) is 6.54 Å². The number of hydrogen-bond donors (Lipinski definition) is 2. The highest BCUT2D eigenvalue weighted by Gasteiger charge is 2.10. The van der Waals surface area contributed by atoms with Crippen molar-refractivity contribution in [3.63, 3.8) is 0 Å². The van der Waals surface area contributed by atoms with Crippen LogP contribution in [0, 0.1) is 13.8 Å². The van der Waals surface area contributed by atoms with Gasteiger partial charge in [-0.2, -0.15) is 9.97 Å². The molecule has 0 aliphatic heterocycles. The van der Waals surface area contributed by atoms with E-state index in [-0.39, 0.29) is 0 Å². The van der Waals surface area contributed by atoms with Gasteiger partial charge >= 0.3 is 0 Å². The molecule has 6 heteroatoms. The molecule has 1 aromatic carbocycles. The number of nitrogens with zero attached hydrogens (tertiary/aromatic N) is 4. The smallest absolute Gasteiger partial charge is 0.226 e. The Hall–Kier alpha value is -2.89. The fourth-order valence-corrected chi connectivity index (χ4v) is 2.71. The first kappa shape index (κ1) is 16.0. The van der Waals surface area contributed by atoms with E-state index in [1.54, 1.807) is 0 Å². The molecule has 0 bridgehead atoms. The first-order valence-corrected chi connectivity index (χ1v) is 7.85. The number of aryl methyl sites for hydroxylation is 2. The molecule has 2 aromatic heterocycles. The second-order valence-electron chi connectivity index (χ2n) is 6.13. The van der Waals surface area contributed by atoms with E-state index in [0.717, 1.165) is 27.9 Å². The largest absolute Gasteiger partial charge is 0.383 e. The highest BCUT2D eigenvalue weighted by atomic mass is 15.1. The third-order valence-electron chi connectivity index (χ3n) is 3.90. The molecule has 0 radical (unpaired) electrons. The Bertz CT molecular complexity index is 888. The SMILES string of the molecule is Cc1cc(C)c2c(N)nc(NCc3cccc(N(C)C)c3)nc2n1. The molecule has 6 nitrogen and oxygen atoms in total. The second-order valence-corrected chi connectivity index (χ2v) is 6.13. The van der Waals surface area contributed by atoms with Gasteiger partial charge in [-0.3, -0.25) is 0 Å². The maximum Gasteiger partial charge on any atom is 0.226 e. The molecule has 0 unspecified atom stereocenters. The minimum Gasteiger partial charge on any atom is -0.383 e. The van der Waals surface area contributed by atoms with E-state index in [0.29, 0.717) is 24.0 Å². The predicted molar refractivity (Wildman–Crippen MR) is 99.3 cm³/mol. The summed E-state index contributed by atoms with van der Waals surface area (Å²) in [6.45, 7) is 4.57. The van der Waals surface area contributed by atoms with E-state index in [1.807, 2.05) is 40.1 Å². The predicted octanol–water partition coefficient (Wildman–Crippen LogP) is 2.90. The molecule has 24 heavy (non-hydrogen) atoms. The average molecular weight is 322 g/mol. The van der Waals surface area contributed by atoms with Crippen LogP contribution in [0.15, 0.2) is 30.3 Å². The van der Waals surface area contributed by atoms with E-state index >= 15 is 0 Å². The lowest BCUT2D eigenvalue weighted by molar-refractivity contribution is 1.05. The van der Waals surface area contributed by atoms with Crippen LogP contribution >= 0.6 is 0 Å². The Morgan fingerprint density at radius 2 is 1.88 bits per heavy atom. The highest BCUT2D eigenvalue weighted by Crippen LogP contribution is 2.23. The lowest BCUT2D eigenvalue weighted by Gasteiger charge is -2.14. The lowest BCUT2D eigenvalue weighted by atomic mass is 10.1. The number of nitrogens with two attached hydrogens (primary N) is 1. The molecule has 0 amide bonds. The van der Waals surface area contributed by atoms with Gasteiger partial charge in [-0.25, -0.2) is 4.98 Å². The molecule has 3 N–H and O–H groups in total. The standard InChI is InChI=1S/C18H22N6/c1-11-8-12(2)21-17-15(11)16(19)22-18(23-17)20-10-13-6-5-7-14(9-13)24(3)4/h5-9H,10H2,1-4H3,(H3,19,20,21,22,23). The molecular weight excluding hydrogens is 300 g/mol. The number of nitrogen functional groups attached to an aromatic ring is 1. The zero-order valence-electron chi connectivity index (χ0n) is 14.5. The molecule has 124 valence electrons. The van der Waals surface area contributed by atoms with E-state index in [1.165, 1.54) is 0 Å². The quantitative estimate of drug-likeness (QED) is 0.769. The van der Waals surface area contributed by atoms with Gasteiger partial charge in [-0.1, -0.05) is 12.1 Å². The van der Waals surface area contributed by atoms with Crippen LogP contribution < -0.4 is 16.0 Å². The van der Waals surface area contributed by atoms with Crippen molar-refractivity contribution in [2.75, 3.05) is 30.0 Å². The van der Waals surface area contributed by atoms with Crippen LogP contribution in [0.3, 0.4) is 0 Å². The zero-order chi connectivity index (χ0) is 17.3. The monoisotopic (exact) mass is 322 g/mol. The summed E-state index contributed by atoms with van der Waals surface area (Å²) in [5.74, 6) is 0.947. The third kappa shape index (κ3) is 3.22. The number of anilines is 3. The Labute approximate surface area is 141 Å². The molecule has 2 heterocycles. The summed E-state index contributed by atoms with van der Waals surface area (Å²) in [6.07, 6.45) is 0. The second kappa shape index (κ2) is 6.31. The molecule has 0 atom stereocenters. The topological polar surface area (TPSA) is 80.0 Å². The number of pyridine rings is 1. The van der Waals surface area contributed by atoms with Crippen molar-refractivity contribution in [3.8, 4) is 0 Å². The Morgan fingerprint density at radius 1 is 1.08 bits per heavy atom. The lowest BCUT2D eigenvalue weighted by Crippen LogP contribution is -2.10. The fraction of sp³-hybridized carbons (Fsp3) is 0.278. The van der Waals surface area contributed by atoms with Crippen LogP contribution in [0.5, 0.6) is 0 Å². The van der Waals surface area contributed by atoms with Gasteiger partial charge in [0, 0.05) is 32.0 Å². The van der Waals surface area contributed by atoms with Gasteiger partial charge in [0.1, 0.15) is 5.82 Å². The van der Waals surface area contributed by atoms with E-state index in [9.17, 15) is 0 Å². The van der Waals surface area contributed by atoms with E-state index in [4.69, 9.17) is 5.73 Å². The van der Waals surface area contributed by atoms with Gasteiger partial charge in [-0.15, -0.1) is 0 Å². The molecule has 3 rings (SSSR count).